The van der Waals surface area contributed by atoms with Crippen molar-refractivity contribution in [3.63, 3.8) is 0 Å². The topological polar surface area (TPSA) is 46.1 Å². The van der Waals surface area contributed by atoms with E-state index in [1.807, 2.05) is 19.2 Å². The Labute approximate surface area is 174 Å². The van der Waals surface area contributed by atoms with Crippen LogP contribution in [0.3, 0.4) is 0 Å². The molecule has 0 radical (unpaired) electrons. The lowest BCUT2D eigenvalue weighted by molar-refractivity contribution is 0.116. The Morgan fingerprint density at radius 1 is 1.11 bits per heavy atom. The number of guanidine groups is 1. The summed E-state index contributed by atoms with van der Waals surface area (Å²) >= 11 is 5.98. The SMILES string of the molecule is CN=C(NCC1CN(C)CCN1C)NC1CCN(Cc2ccc(Cl)cc2)CC1. The predicted molar refractivity (Wildman–Crippen MR) is 118 cm³/mol. The third-order valence-electron chi connectivity index (χ3n) is 5.96. The maximum atomic E-state index is 5.98. The van der Waals surface area contributed by atoms with E-state index >= 15 is 0 Å². The number of halogens is 1. The molecule has 0 spiro atoms. The van der Waals surface area contributed by atoms with Crippen molar-refractivity contribution in [2.45, 2.75) is 31.5 Å². The van der Waals surface area contributed by atoms with Gasteiger partial charge >= 0.3 is 0 Å². The second kappa shape index (κ2) is 10.4. The highest BCUT2D eigenvalue weighted by Crippen LogP contribution is 2.16. The van der Waals surface area contributed by atoms with Crippen LogP contribution in [0.25, 0.3) is 0 Å². The van der Waals surface area contributed by atoms with E-state index < -0.39 is 0 Å². The van der Waals surface area contributed by atoms with Crippen LogP contribution in [0, 0.1) is 0 Å². The van der Waals surface area contributed by atoms with Gasteiger partial charge in [-0.1, -0.05) is 23.7 Å². The molecule has 2 heterocycles. The summed E-state index contributed by atoms with van der Waals surface area (Å²) < 4.78 is 0. The predicted octanol–water partition coefficient (Wildman–Crippen LogP) is 1.72. The number of piperazine rings is 1. The first-order chi connectivity index (χ1) is 13.5. The first kappa shape index (κ1) is 21.4. The fourth-order valence-corrected chi connectivity index (χ4v) is 4.13. The molecule has 1 unspecified atom stereocenters. The minimum atomic E-state index is 0.486. The first-order valence-electron chi connectivity index (χ1n) is 10.4. The van der Waals surface area contributed by atoms with Crippen molar-refractivity contribution in [1.29, 1.82) is 0 Å². The monoisotopic (exact) mass is 406 g/mol. The Kier molecular flexibility index (Phi) is 7.97. The molecule has 1 aromatic carbocycles. The minimum absolute atomic E-state index is 0.486. The molecular formula is C21H35ClN6. The molecule has 2 aliphatic heterocycles. The molecule has 2 N–H and O–H groups in total. The maximum Gasteiger partial charge on any atom is 0.191 e. The van der Waals surface area contributed by atoms with Gasteiger partial charge in [0.2, 0.25) is 0 Å². The van der Waals surface area contributed by atoms with Crippen LogP contribution in [0.5, 0.6) is 0 Å². The number of hydrogen-bond acceptors (Lipinski definition) is 4. The largest absolute Gasteiger partial charge is 0.355 e. The lowest BCUT2D eigenvalue weighted by Gasteiger charge is -2.38. The number of rotatable bonds is 5. The van der Waals surface area contributed by atoms with Crippen LogP contribution >= 0.6 is 11.6 Å². The van der Waals surface area contributed by atoms with E-state index in [1.54, 1.807) is 0 Å². The van der Waals surface area contributed by atoms with Gasteiger partial charge in [-0.15, -0.1) is 0 Å². The average Bonchev–Trinajstić information content (AvgIpc) is 2.70. The van der Waals surface area contributed by atoms with Crippen LogP contribution in [0.15, 0.2) is 29.3 Å². The van der Waals surface area contributed by atoms with E-state index in [1.165, 1.54) is 5.56 Å². The van der Waals surface area contributed by atoms with Gasteiger partial charge in [-0.3, -0.25) is 14.8 Å². The zero-order chi connectivity index (χ0) is 19.9. The molecule has 2 aliphatic rings. The molecule has 2 fully saturated rings. The van der Waals surface area contributed by atoms with Crippen LogP contribution in [0.1, 0.15) is 18.4 Å². The second-order valence-electron chi connectivity index (χ2n) is 8.17. The summed E-state index contributed by atoms with van der Waals surface area (Å²) in [6, 6.07) is 9.21. The van der Waals surface area contributed by atoms with Crippen molar-refractivity contribution in [3.05, 3.63) is 34.9 Å². The molecule has 0 aliphatic carbocycles. The van der Waals surface area contributed by atoms with Crippen molar-refractivity contribution >= 4 is 17.6 Å². The Morgan fingerprint density at radius 3 is 2.50 bits per heavy atom. The molecule has 0 amide bonds. The van der Waals surface area contributed by atoms with Crippen LogP contribution < -0.4 is 10.6 Å². The van der Waals surface area contributed by atoms with Crippen molar-refractivity contribution in [3.8, 4) is 0 Å². The summed E-state index contributed by atoms with van der Waals surface area (Å²) in [6.07, 6.45) is 2.28. The zero-order valence-corrected chi connectivity index (χ0v) is 18.3. The van der Waals surface area contributed by atoms with Crippen LogP contribution in [0.2, 0.25) is 5.02 Å². The summed E-state index contributed by atoms with van der Waals surface area (Å²) in [4.78, 5) is 11.8. The van der Waals surface area contributed by atoms with Gasteiger partial charge in [0.15, 0.2) is 5.96 Å². The molecule has 1 aromatic rings. The fourth-order valence-electron chi connectivity index (χ4n) is 4.01. The van der Waals surface area contributed by atoms with Crippen LogP contribution in [-0.2, 0) is 6.54 Å². The number of likely N-dealkylation sites (tertiary alicyclic amines) is 1. The molecule has 3 rings (SSSR count). The maximum absolute atomic E-state index is 5.98. The number of aliphatic imine (C=N–C) groups is 1. The summed E-state index contributed by atoms with van der Waals surface area (Å²) in [7, 11) is 6.28. The number of hydrogen-bond donors (Lipinski definition) is 2. The molecule has 2 saturated heterocycles. The molecule has 7 heteroatoms. The number of benzene rings is 1. The summed E-state index contributed by atoms with van der Waals surface area (Å²) in [5.41, 5.74) is 1.33. The van der Waals surface area contributed by atoms with Crippen molar-refractivity contribution in [1.82, 2.24) is 25.3 Å². The molecule has 0 aromatic heterocycles. The average molecular weight is 407 g/mol. The van der Waals surface area contributed by atoms with Gasteiger partial charge in [-0.05, 0) is 44.6 Å². The third-order valence-corrected chi connectivity index (χ3v) is 6.21. The standard InChI is InChI=1S/C21H35ClN6/c1-23-21(24-14-20-16-26(2)12-13-27(20)3)25-19-8-10-28(11-9-19)15-17-4-6-18(22)7-5-17/h4-7,19-20H,8-16H2,1-3H3,(H2,23,24,25). The van der Waals surface area contributed by atoms with Crippen LogP contribution in [0.4, 0.5) is 0 Å². The van der Waals surface area contributed by atoms with Gasteiger partial charge in [-0.25, -0.2) is 0 Å². The van der Waals surface area contributed by atoms with Crippen molar-refractivity contribution < 1.29 is 0 Å². The Balaban J connectivity index is 1.39. The van der Waals surface area contributed by atoms with E-state index in [2.05, 4.69) is 56.6 Å². The second-order valence-corrected chi connectivity index (χ2v) is 8.61. The van der Waals surface area contributed by atoms with Gasteiger partial charge < -0.3 is 15.5 Å². The third kappa shape index (κ3) is 6.34. The van der Waals surface area contributed by atoms with Gasteiger partial charge in [0, 0.05) is 70.0 Å². The summed E-state index contributed by atoms with van der Waals surface area (Å²) in [5.74, 6) is 0.928. The van der Waals surface area contributed by atoms with E-state index in [-0.39, 0.29) is 0 Å². The molecule has 28 heavy (non-hydrogen) atoms. The van der Waals surface area contributed by atoms with Gasteiger partial charge in [0.25, 0.3) is 0 Å². The molecule has 156 valence electrons. The van der Waals surface area contributed by atoms with Gasteiger partial charge in [0.1, 0.15) is 0 Å². The highest BCUT2D eigenvalue weighted by atomic mass is 35.5. The normalized spacial score (nSPS) is 23.7. The van der Waals surface area contributed by atoms with E-state index in [9.17, 15) is 0 Å². The Hall–Kier alpha value is -1.34. The van der Waals surface area contributed by atoms with Gasteiger partial charge in [0.05, 0.1) is 0 Å². The summed E-state index contributed by atoms with van der Waals surface area (Å²) in [6.45, 7) is 7.51. The lowest BCUT2D eigenvalue weighted by atomic mass is 10.0. The Bertz CT molecular complexity index is 626. The minimum Gasteiger partial charge on any atom is -0.355 e. The zero-order valence-electron chi connectivity index (χ0n) is 17.5. The lowest BCUT2D eigenvalue weighted by Crippen LogP contribution is -2.56. The van der Waals surface area contributed by atoms with E-state index in [4.69, 9.17) is 11.6 Å². The quantitative estimate of drug-likeness (QED) is 0.576. The van der Waals surface area contributed by atoms with Crippen molar-refractivity contribution in [2.75, 3.05) is 60.4 Å². The molecular weight excluding hydrogens is 372 g/mol. The molecule has 0 bridgehead atoms. The first-order valence-corrected chi connectivity index (χ1v) is 10.7. The smallest absolute Gasteiger partial charge is 0.191 e. The molecule has 1 atom stereocenters. The highest BCUT2D eigenvalue weighted by Gasteiger charge is 2.23. The van der Waals surface area contributed by atoms with Crippen molar-refractivity contribution in [2.24, 2.45) is 4.99 Å². The van der Waals surface area contributed by atoms with E-state index in [0.29, 0.717) is 12.1 Å². The number of likely N-dealkylation sites (N-methyl/N-ethyl adjacent to an activating group) is 2. The number of nitrogens with one attached hydrogen (secondary N) is 2. The fraction of sp³-hybridized carbons (Fsp3) is 0.667. The highest BCUT2D eigenvalue weighted by molar-refractivity contribution is 6.30. The number of piperidine rings is 1. The van der Waals surface area contributed by atoms with E-state index in [0.717, 1.165) is 69.6 Å². The number of nitrogens with zero attached hydrogens (tertiary/aromatic N) is 4. The summed E-state index contributed by atoms with van der Waals surface area (Å²) in [5, 5.41) is 7.97. The molecule has 6 nitrogen and oxygen atoms in total. The van der Waals surface area contributed by atoms with Crippen LogP contribution in [-0.4, -0.2) is 93.2 Å². The van der Waals surface area contributed by atoms with Gasteiger partial charge in [-0.2, -0.15) is 0 Å². The Morgan fingerprint density at radius 2 is 1.82 bits per heavy atom. The molecule has 0 saturated carbocycles.